The van der Waals surface area contributed by atoms with Gasteiger partial charge in [-0.3, -0.25) is 0 Å². The summed E-state index contributed by atoms with van der Waals surface area (Å²) in [6.45, 7) is 11.4. The quantitative estimate of drug-likeness (QED) is 0.0299. The van der Waals surface area contributed by atoms with Crippen LogP contribution in [-0.2, 0) is 16.0 Å². The molecule has 0 unspecified atom stereocenters. The number of benzene rings is 3. The molecule has 300 valence electrons. The lowest BCUT2D eigenvalue weighted by atomic mass is 10.0. The minimum absolute atomic E-state index is 0.315. The Labute approximate surface area is 329 Å². The van der Waals surface area contributed by atoms with Crippen molar-refractivity contribution < 1.29 is 38.1 Å². The highest BCUT2D eigenvalue weighted by molar-refractivity contribution is 5.92. The first-order valence-electron chi connectivity index (χ1n) is 20.7. The molecule has 3 aromatic carbocycles. The van der Waals surface area contributed by atoms with Crippen LogP contribution in [0.5, 0.6) is 23.0 Å². The van der Waals surface area contributed by atoms with Gasteiger partial charge in [0.25, 0.3) is 0 Å². The summed E-state index contributed by atoms with van der Waals surface area (Å²) >= 11 is 0. The zero-order valence-electron chi connectivity index (χ0n) is 33.7. The summed E-state index contributed by atoms with van der Waals surface area (Å²) in [5.41, 5.74) is 2.17. The van der Waals surface area contributed by atoms with Crippen LogP contribution < -0.4 is 18.9 Å². The van der Waals surface area contributed by atoms with Crippen molar-refractivity contribution in [2.45, 2.75) is 136 Å². The van der Waals surface area contributed by atoms with Gasteiger partial charge in [-0.2, -0.15) is 0 Å². The molecule has 0 saturated carbocycles. The minimum Gasteiger partial charge on any atom is -0.494 e. The number of carbonyl (C=O) groups excluding carboxylic acids is 3. The third-order valence-corrected chi connectivity index (χ3v) is 9.27. The Hall–Kier alpha value is -4.59. The molecule has 8 nitrogen and oxygen atoms in total. The van der Waals surface area contributed by atoms with Crippen molar-refractivity contribution in [2.75, 3.05) is 19.8 Å². The largest absolute Gasteiger partial charge is 0.494 e. The van der Waals surface area contributed by atoms with Gasteiger partial charge in [-0.25, -0.2) is 14.4 Å². The molecule has 0 fully saturated rings. The van der Waals surface area contributed by atoms with Crippen molar-refractivity contribution in [2.24, 2.45) is 0 Å². The normalized spacial score (nSPS) is 10.8. The van der Waals surface area contributed by atoms with E-state index in [0.29, 0.717) is 48.0 Å². The Balaban J connectivity index is 1.54. The van der Waals surface area contributed by atoms with E-state index < -0.39 is 11.9 Å². The summed E-state index contributed by atoms with van der Waals surface area (Å²) < 4.78 is 28.5. The molecule has 0 saturated heterocycles. The highest BCUT2D eigenvalue weighted by Crippen LogP contribution is 2.27. The maximum atomic E-state index is 13.2. The smallest absolute Gasteiger partial charge is 0.343 e. The van der Waals surface area contributed by atoms with Crippen LogP contribution in [0, 0.1) is 0 Å². The lowest BCUT2D eigenvalue weighted by Gasteiger charge is -2.12. The third-order valence-electron chi connectivity index (χ3n) is 9.27. The van der Waals surface area contributed by atoms with E-state index in [1.165, 1.54) is 38.5 Å². The summed E-state index contributed by atoms with van der Waals surface area (Å²) in [4.78, 5) is 37.8. The van der Waals surface area contributed by atoms with Crippen molar-refractivity contribution >= 4 is 17.9 Å². The van der Waals surface area contributed by atoms with E-state index in [1.807, 2.05) is 12.1 Å². The first-order chi connectivity index (χ1) is 26.8. The van der Waals surface area contributed by atoms with Crippen LogP contribution in [0.4, 0.5) is 0 Å². The van der Waals surface area contributed by atoms with Crippen LogP contribution in [0.1, 0.15) is 156 Å². The molecule has 0 aliphatic rings. The molecule has 0 aliphatic carbocycles. The van der Waals surface area contributed by atoms with Gasteiger partial charge in [-0.1, -0.05) is 104 Å². The first-order valence-corrected chi connectivity index (χ1v) is 20.7. The Kier molecular flexibility index (Phi) is 22.0. The van der Waals surface area contributed by atoms with Crippen molar-refractivity contribution in [3.05, 3.63) is 95.6 Å². The maximum absolute atomic E-state index is 13.2. The molecule has 0 N–H and O–H groups in total. The molecule has 3 rings (SSSR count). The number of ether oxygens (including phenoxy) is 5. The zero-order chi connectivity index (χ0) is 39.5. The van der Waals surface area contributed by atoms with Gasteiger partial charge in [0.2, 0.25) is 0 Å². The van der Waals surface area contributed by atoms with Crippen LogP contribution in [0.15, 0.2) is 78.9 Å². The van der Waals surface area contributed by atoms with E-state index in [-0.39, 0.29) is 5.97 Å². The van der Waals surface area contributed by atoms with E-state index in [0.717, 1.165) is 94.1 Å². The second kappa shape index (κ2) is 27.1. The second-order valence-electron chi connectivity index (χ2n) is 14.3. The van der Waals surface area contributed by atoms with Gasteiger partial charge < -0.3 is 23.7 Å². The third kappa shape index (κ3) is 19.0. The number of carbonyl (C=O) groups is 3. The van der Waals surface area contributed by atoms with Crippen LogP contribution in [0.2, 0.25) is 0 Å². The van der Waals surface area contributed by atoms with Gasteiger partial charge in [0.15, 0.2) is 0 Å². The first kappa shape index (κ1) is 44.8. The number of hydrogen-bond donors (Lipinski definition) is 0. The minimum atomic E-state index is -0.498. The Morgan fingerprint density at radius 2 is 0.891 bits per heavy atom. The number of unbranched alkanes of at least 4 members (excludes halogenated alkanes) is 14. The molecule has 0 atom stereocenters. The predicted molar refractivity (Wildman–Crippen MR) is 220 cm³/mol. The predicted octanol–water partition coefficient (Wildman–Crippen LogP) is 12.2. The molecule has 0 radical (unpaired) electrons. The molecule has 0 aliphatic heterocycles. The fraction of sp³-hybridized carbons (Fsp3) is 0.511. The van der Waals surface area contributed by atoms with Crippen LogP contribution in [0.3, 0.4) is 0 Å². The van der Waals surface area contributed by atoms with Crippen LogP contribution >= 0.6 is 0 Å². The van der Waals surface area contributed by atoms with Gasteiger partial charge in [-0.15, -0.1) is 0 Å². The fourth-order valence-electron chi connectivity index (χ4n) is 5.99. The molecular weight excluding hydrogens is 693 g/mol. The van der Waals surface area contributed by atoms with Crippen molar-refractivity contribution in [3.63, 3.8) is 0 Å². The summed E-state index contributed by atoms with van der Waals surface area (Å²) in [7, 11) is 0. The van der Waals surface area contributed by atoms with Gasteiger partial charge in [0, 0.05) is 11.6 Å². The number of esters is 3. The van der Waals surface area contributed by atoms with Crippen LogP contribution in [-0.4, -0.2) is 37.7 Å². The van der Waals surface area contributed by atoms with Gasteiger partial charge in [0.05, 0.1) is 30.9 Å². The lowest BCUT2D eigenvalue weighted by molar-refractivity contribution is -0.139. The number of hydrogen-bond acceptors (Lipinski definition) is 8. The van der Waals surface area contributed by atoms with Crippen molar-refractivity contribution in [3.8, 4) is 23.0 Å². The Bertz CT molecular complexity index is 1470. The average Bonchev–Trinajstić information content (AvgIpc) is 3.18. The van der Waals surface area contributed by atoms with Gasteiger partial charge in [0.1, 0.15) is 23.0 Å². The van der Waals surface area contributed by atoms with E-state index in [9.17, 15) is 14.4 Å². The van der Waals surface area contributed by atoms with E-state index in [1.54, 1.807) is 61.5 Å². The van der Waals surface area contributed by atoms with E-state index in [4.69, 9.17) is 23.7 Å². The van der Waals surface area contributed by atoms with Gasteiger partial charge >= 0.3 is 17.9 Å². The number of rotatable bonds is 29. The summed E-state index contributed by atoms with van der Waals surface area (Å²) in [6, 6.07) is 19.2. The zero-order valence-corrected chi connectivity index (χ0v) is 33.7. The topological polar surface area (TPSA) is 97.4 Å². The molecule has 0 aromatic heterocycles. The Morgan fingerprint density at radius 1 is 0.491 bits per heavy atom. The second-order valence-corrected chi connectivity index (χ2v) is 14.3. The van der Waals surface area contributed by atoms with Crippen molar-refractivity contribution in [1.82, 2.24) is 0 Å². The van der Waals surface area contributed by atoms with E-state index >= 15 is 0 Å². The molecule has 0 amide bonds. The van der Waals surface area contributed by atoms with E-state index in [2.05, 4.69) is 20.4 Å². The summed E-state index contributed by atoms with van der Waals surface area (Å²) in [5.74, 6) is 0.768. The molecule has 55 heavy (non-hydrogen) atoms. The molecule has 0 bridgehead atoms. The number of aryl methyl sites for hydroxylation is 1. The standard InChI is InChI=1S/C47H64O8/c1-5-7-9-19-31-51-41-27-23-39(24-28-41)46(49)54-43-34-38(22-18-16-14-12-11-13-15-17-21-33-53-45(48)37(3)4)35-44(36-43)55-47(50)40-25-29-42(30-26-40)52-32-20-10-8-6-2/h23-30,34-36H,3,5-22,31-33H2,1-2,4H3. The van der Waals surface area contributed by atoms with Crippen LogP contribution in [0.25, 0.3) is 0 Å². The molecule has 3 aromatic rings. The molecule has 0 spiro atoms. The SMILES string of the molecule is C=C(C)C(=O)OCCCCCCCCCCCc1cc(OC(=O)c2ccc(OCCCCCC)cc2)cc(OC(=O)c2ccc(OCCCCCC)cc2)c1. The van der Waals surface area contributed by atoms with Gasteiger partial charge in [-0.05, 0) is 105 Å². The average molecular weight is 757 g/mol. The fourth-order valence-corrected chi connectivity index (χ4v) is 5.99. The molecule has 8 heteroatoms. The highest BCUT2D eigenvalue weighted by atomic mass is 16.5. The summed E-state index contributed by atoms with van der Waals surface area (Å²) in [5, 5.41) is 0. The molecular formula is C47H64O8. The summed E-state index contributed by atoms with van der Waals surface area (Å²) in [6.07, 6.45) is 19.5. The van der Waals surface area contributed by atoms with Crippen molar-refractivity contribution in [1.29, 1.82) is 0 Å². The Morgan fingerprint density at radius 3 is 1.33 bits per heavy atom. The highest BCUT2D eigenvalue weighted by Gasteiger charge is 2.15. The molecule has 0 heterocycles. The maximum Gasteiger partial charge on any atom is 0.343 e. The monoisotopic (exact) mass is 756 g/mol. The lowest BCUT2D eigenvalue weighted by Crippen LogP contribution is -2.11.